The molecule has 0 radical (unpaired) electrons. The smallest absolute Gasteiger partial charge is 0.412 e. The number of phosphoric ester groups is 1. The summed E-state index contributed by atoms with van der Waals surface area (Å²) in [7, 11) is -4.50. The zero-order chi connectivity index (χ0) is 8.20. The van der Waals surface area contributed by atoms with Crippen molar-refractivity contribution in [1.29, 1.82) is 0 Å². The standard InChI is InChI=1S/C3H9O6P.5H2O/c4-1-3(5)2-9-10(6,7)8;;;;;/h3-5H,1-2H2,(H2,6,7,8);5*1H2. The third kappa shape index (κ3) is 31.6. The summed E-state index contributed by atoms with van der Waals surface area (Å²) < 4.78 is 13.8. The first-order valence-corrected chi connectivity index (χ1v) is 3.98. The van der Waals surface area contributed by atoms with Crippen LogP contribution in [0.5, 0.6) is 0 Å². The Balaban J connectivity index is -0.0000000405. The molecule has 0 spiro atoms. The van der Waals surface area contributed by atoms with Gasteiger partial charge in [-0.3, -0.25) is 4.52 Å². The first-order valence-electron chi connectivity index (χ1n) is 2.44. The van der Waals surface area contributed by atoms with Gasteiger partial charge in [0, 0.05) is 0 Å². The fourth-order valence-corrected chi connectivity index (χ4v) is 0.602. The minimum Gasteiger partial charge on any atom is -0.412 e. The van der Waals surface area contributed by atoms with Crippen molar-refractivity contribution >= 4 is 7.82 Å². The molecule has 0 aromatic rings. The van der Waals surface area contributed by atoms with E-state index in [0.717, 1.165) is 0 Å². The molecular formula is C3H19O11P. The lowest BCUT2D eigenvalue weighted by Crippen LogP contribution is -2.18. The average molecular weight is 262 g/mol. The molecule has 0 aromatic carbocycles. The molecule has 15 heavy (non-hydrogen) atoms. The first kappa shape index (κ1) is 36.4. The fraction of sp³-hybridized carbons (Fsp3) is 1.00. The predicted molar refractivity (Wildman–Crippen MR) is 49.2 cm³/mol. The van der Waals surface area contributed by atoms with Crippen molar-refractivity contribution in [2.24, 2.45) is 0 Å². The van der Waals surface area contributed by atoms with E-state index in [9.17, 15) is 4.57 Å². The van der Waals surface area contributed by atoms with Crippen LogP contribution in [0, 0.1) is 0 Å². The summed E-state index contributed by atoms with van der Waals surface area (Å²) in [6.45, 7) is -1.15. The van der Waals surface area contributed by atoms with Gasteiger partial charge in [-0.15, -0.1) is 0 Å². The highest BCUT2D eigenvalue weighted by molar-refractivity contribution is 7.46. The van der Waals surface area contributed by atoms with Crippen LogP contribution in [0.1, 0.15) is 0 Å². The van der Waals surface area contributed by atoms with Crippen molar-refractivity contribution in [3.63, 3.8) is 0 Å². The largest absolute Gasteiger partial charge is 0.469 e. The van der Waals surface area contributed by atoms with E-state index in [4.69, 9.17) is 20.0 Å². The highest BCUT2D eigenvalue weighted by atomic mass is 31.2. The Hall–Kier alpha value is -0.170. The Bertz CT molecular complexity index is 132. The Kier molecular flexibility index (Phi) is 39.5. The van der Waals surface area contributed by atoms with Gasteiger partial charge in [0.15, 0.2) is 0 Å². The van der Waals surface area contributed by atoms with Crippen LogP contribution in [0.2, 0.25) is 0 Å². The van der Waals surface area contributed by atoms with Gasteiger partial charge in [0.05, 0.1) is 13.2 Å². The predicted octanol–water partition coefficient (Wildman–Crippen LogP) is -5.67. The Morgan fingerprint density at radius 1 is 1.07 bits per heavy atom. The van der Waals surface area contributed by atoms with Crippen LogP contribution in [0.15, 0.2) is 0 Å². The molecule has 0 aliphatic carbocycles. The SMILES string of the molecule is O.O.O.O.O.O=P(O)(O)OCC(O)CO. The molecule has 12 heteroatoms. The van der Waals surface area contributed by atoms with Crippen LogP contribution >= 0.6 is 7.82 Å². The van der Waals surface area contributed by atoms with Gasteiger partial charge in [0.2, 0.25) is 0 Å². The van der Waals surface area contributed by atoms with Crippen molar-refractivity contribution < 1.29 is 56.5 Å². The van der Waals surface area contributed by atoms with Gasteiger partial charge in [0.1, 0.15) is 6.10 Å². The van der Waals surface area contributed by atoms with Gasteiger partial charge in [0.25, 0.3) is 0 Å². The maximum absolute atomic E-state index is 9.93. The molecular weight excluding hydrogens is 243 g/mol. The molecule has 0 heterocycles. The molecule has 0 aromatic heterocycles. The first-order chi connectivity index (χ1) is 4.45. The van der Waals surface area contributed by atoms with Crippen LogP contribution < -0.4 is 0 Å². The number of hydrogen-bond acceptors (Lipinski definition) is 4. The van der Waals surface area contributed by atoms with Gasteiger partial charge in [-0.2, -0.15) is 0 Å². The van der Waals surface area contributed by atoms with E-state index >= 15 is 0 Å². The number of aliphatic hydroxyl groups is 2. The van der Waals surface area contributed by atoms with Crippen molar-refractivity contribution in [2.75, 3.05) is 13.2 Å². The number of phosphoric acid groups is 1. The molecule has 0 fully saturated rings. The summed E-state index contributed by atoms with van der Waals surface area (Å²) in [6, 6.07) is 0. The maximum Gasteiger partial charge on any atom is 0.469 e. The third-order valence-corrected chi connectivity index (χ3v) is 1.13. The van der Waals surface area contributed by atoms with Crippen molar-refractivity contribution in [3.05, 3.63) is 0 Å². The van der Waals surface area contributed by atoms with Crippen LogP contribution in [0.3, 0.4) is 0 Å². The molecule has 0 saturated heterocycles. The van der Waals surface area contributed by atoms with Gasteiger partial charge >= 0.3 is 7.82 Å². The summed E-state index contributed by atoms with van der Waals surface area (Å²) >= 11 is 0. The number of hydrogen-bond donors (Lipinski definition) is 4. The van der Waals surface area contributed by atoms with E-state index in [1.54, 1.807) is 0 Å². The third-order valence-electron chi connectivity index (χ3n) is 0.646. The minimum atomic E-state index is -4.50. The second kappa shape index (κ2) is 16.3. The number of rotatable bonds is 4. The molecule has 0 aliphatic heterocycles. The molecule has 0 bridgehead atoms. The lowest BCUT2D eigenvalue weighted by atomic mass is 10.4. The molecule has 11 nitrogen and oxygen atoms in total. The topological polar surface area (TPSA) is 265 Å². The molecule has 102 valence electrons. The average Bonchev–Trinajstić information content (AvgIpc) is 1.81. The monoisotopic (exact) mass is 262 g/mol. The summed E-state index contributed by atoms with van der Waals surface area (Å²) in [6.07, 6.45) is -1.24. The molecule has 0 rings (SSSR count). The zero-order valence-electron chi connectivity index (χ0n) is 7.54. The van der Waals surface area contributed by atoms with Gasteiger partial charge < -0.3 is 47.4 Å². The van der Waals surface area contributed by atoms with Crippen molar-refractivity contribution in [3.8, 4) is 0 Å². The van der Waals surface area contributed by atoms with E-state index in [0.29, 0.717) is 0 Å². The van der Waals surface area contributed by atoms with Crippen molar-refractivity contribution in [1.82, 2.24) is 0 Å². The molecule has 1 unspecified atom stereocenters. The minimum absolute atomic E-state index is 0. The normalized spacial score (nSPS) is 10.1. The van der Waals surface area contributed by atoms with Crippen LogP contribution in [-0.2, 0) is 9.09 Å². The summed E-state index contributed by atoms with van der Waals surface area (Å²) in [5, 5.41) is 16.7. The molecule has 14 N–H and O–H groups in total. The lowest BCUT2D eigenvalue weighted by Gasteiger charge is -2.07. The van der Waals surface area contributed by atoms with E-state index in [-0.39, 0.29) is 27.4 Å². The summed E-state index contributed by atoms with van der Waals surface area (Å²) in [4.78, 5) is 16.1. The van der Waals surface area contributed by atoms with E-state index in [1.165, 1.54) is 0 Å². The highest BCUT2D eigenvalue weighted by Crippen LogP contribution is 2.35. The molecule has 0 saturated carbocycles. The van der Waals surface area contributed by atoms with Crippen LogP contribution in [0.4, 0.5) is 0 Å². The lowest BCUT2D eigenvalue weighted by molar-refractivity contribution is 0.0419. The molecule has 0 amide bonds. The van der Waals surface area contributed by atoms with Gasteiger partial charge in [-0.05, 0) is 0 Å². The highest BCUT2D eigenvalue weighted by Gasteiger charge is 2.15. The number of aliphatic hydroxyl groups excluding tert-OH is 2. The Morgan fingerprint density at radius 3 is 1.60 bits per heavy atom. The van der Waals surface area contributed by atoms with E-state index in [1.807, 2.05) is 0 Å². The Labute approximate surface area is 84.7 Å². The van der Waals surface area contributed by atoms with Gasteiger partial charge in [-0.25, -0.2) is 4.57 Å². The molecule has 1 atom stereocenters. The second-order valence-corrected chi connectivity index (χ2v) is 2.86. The fourth-order valence-electron chi connectivity index (χ4n) is 0.236. The molecule has 0 aliphatic rings. The summed E-state index contributed by atoms with van der Waals surface area (Å²) in [5.74, 6) is 0. The Morgan fingerprint density at radius 2 is 1.40 bits per heavy atom. The maximum atomic E-state index is 9.93. The van der Waals surface area contributed by atoms with Crippen molar-refractivity contribution in [2.45, 2.75) is 6.10 Å². The summed E-state index contributed by atoms with van der Waals surface area (Å²) in [5.41, 5.74) is 0. The van der Waals surface area contributed by atoms with Gasteiger partial charge in [-0.1, -0.05) is 0 Å². The quantitative estimate of drug-likeness (QED) is 0.358. The second-order valence-electron chi connectivity index (χ2n) is 1.62. The van der Waals surface area contributed by atoms with E-state index < -0.39 is 27.1 Å². The van der Waals surface area contributed by atoms with Crippen LogP contribution in [-0.4, -0.2) is 66.7 Å². The van der Waals surface area contributed by atoms with Crippen LogP contribution in [0.25, 0.3) is 0 Å². The van der Waals surface area contributed by atoms with E-state index in [2.05, 4.69) is 4.52 Å². The zero-order valence-corrected chi connectivity index (χ0v) is 8.44.